The summed E-state index contributed by atoms with van der Waals surface area (Å²) in [4.78, 5) is 11.9. The molecule has 0 aliphatic heterocycles. The average Bonchev–Trinajstić information content (AvgIpc) is 2.39. The molecule has 0 saturated heterocycles. The highest BCUT2D eigenvalue weighted by Crippen LogP contribution is 2.17. The van der Waals surface area contributed by atoms with Crippen LogP contribution in [0.25, 0.3) is 0 Å². The molecule has 0 spiro atoms. The number of hydrogen-bond donors (Lipinski definition) is 1. The molecule has 2 aromatic rings. The predicted octanol–water partition coefficient (Wildman–Crippen LogP) is 3.83. The maximum atomic E-state index is 13.0. The summed E-state index contributed by atoms with van der Waals surface area (Å²) < 4.78 is 13.9. The van der Waals surface area contributed by atoms with Crippen LogP contribution in [0.5, 0.6) is 0 Å². The molecule has 2 nitrogen and oxygen atoms in total. The molecule has 0 bridgehead atoms. The Bertz CT molecular complexity index is 613. The molecular formula is C15H13BrFNO. The second kappa shape index (κ2) is 5.97. The molecule has 0 radical (unpaired) electrons. The molecule has 4 heteroatoms. The third-order valence-electron chi connectivity index (χ3n) is 2.78. The number of nitrogens with one attached hydrogen (secondary N) is 1. The van der Waals surface area contributed by atoms with Crippen LogP contribution < -0.4 is 5.32 Å². The Balaban J connectivity index is 2.03. The van der Waals surface area contributed by atoms with E-state index in [0.29, 0.717) is 12.1 Å². The molecule has 0 aliphatic carbocycles. The van der Waals surface area contributed by atoms with Crippen LogP contribution in [0.2, 0.25) is 0 Å². The Morgan fingerprint density at radius 1 is 1.26 bits per heavy atom. The van der Waals surface area contributed by atoms with Crippen molar-refractivity contribution in [3.8, 4) is 0 Å². The lowest BCUT2D eigenvalue weighted by molar-refractivity contribution is 0.0951. The predicted molar refractivity (Wildman–Crippen MR) is 76.4 cm³/mol. The van der Waals surface area contributed by atoms with Crippen LogP contribution in [0.3, 0.4) is 0 Å². The second-order valence-electron chi connectivity index (χ2n) is 4.28. The summed E-state index contributed by atoms with van der Waals surface area (Å²) in [5.74, 6) is -0.477. The number of rotatable bonds is 3. The number of carbonyl (C=O) groups excluding carboxylic acids is 1. The number of benzene rings is 2. The van der Waals surface area contributed by atoms with Gasteiger partial charge in [-0.2, -0.15) is 0 Å². The first-order valence-electron chi connectivity index (χ1n) is 5.85. The molecule has 0 unspecified atom stereocenters. The number of amides is 1. The molecule has 0 atom stereocenters. The van der Waals surface area contributed by atoms with E-state index in [9.17, 15) is 9.18 Å². The molecule has 2 aromatic carbocycles. The highest BCUT2D eigenvalue weighted by atomic mass is 79.9. The minimum Gasteiger partial charge on any atom is -0.348 e. The highest BCUT2D eigenvalue weighted by Gasteiger charge is 2.07. The van der Waals surface area contributed by atoms with Crippen LogP contribution in [-0.4, -0.2) is 5.91 Å². The molecular weight excluding hydrogens is 309 g/mol. The van der Waals surface area contributed by atoms with E-state index in [1.165, 1.54) is 12.1 Å². The van der Waals surface area contributed by atoms with E-state index in [0.717, 1.165) is 15.6 Å². The van der Waals surface area contributed by atoms with Gasteiger partial charge in [-0.3, -0.25) is 4.79 Å². The Labute approximate surface area is 119 Å². The zero-order valence-electron chi connectivity index (χ0n) is 10.4. The summed E-state index contributed by atoms with van der Waals surface area (Å²) in [6, 6.07) is 11.6. The van der Waals surface area contributed by atoms with Gasteiger partial charge in [0.05, 0.1) is 0 Å². The molecule has 0 heterocycles. The van der Waals surface area contributed by atoms with E-state index in [-0.39, 0.29) is 11.7 Å². The molecule has 0 aliphatic rings. The minimum atomic E-state index is -0.301. The lowest BCUT2D eigenvalue weighted by atomic mass is 10.1. The Morgan fingerprint density at radius 3 is 2.74 bits per heavy atom. The molecule has 19 heavy (non-hydrogen) atoms. The Morgan fingerprint density at radius 2 is 2.05 bits per heavy atom. The van der Waals surface area contributed by atoms with Crippen LogP contribution in [-0.2, 0) is 6.54 Å². The van der Waals surface area contributed by atoms with Gasteiger partial charge >= 0.3 is 0 Å². The SMILES string of the molecule is Cc1ccc(C(=O)NCc2cccc(F)c2)cc1Br. The van der Waals surface area contributed by atoms with Gasteiger partial charge < -0.3 is 5.32 Å². The lowest BCUT2D eigenvalue weighted by Crippen LogP contribution is -2.22. The fourth-order valence-electron chi connectivity index (χ4n) is 1.67. The van der Waals surface area contributed by atoms with Gasteiger partial charge in [0.25, 0.3) is 5.91 Å². The minimum absolute atomic E-state index is 0.176. The van der Waals surface area contributed by atoms with Crippen LogP contribution in [0, 0.1) is 12.7 Å². The quantitative estimate of drug-likeness (QED) is 0.914. The summed E-state index contributed by atoms with van der Waals surface area (Å²) in [7, 11) is 0. The van der Waals surface area contributed by atoms with Crippen molar-refractivity contribution >= 4 is 21.8 Å². The first kappa shape index (κ1) is 13.7. The summed E-state index contributed by atoms with van der Waals surface area (Å²) in [6.07, 6.45) is 0. The zero-order chi connectivity index (χ0) is 13.8. The maximum absolute atomic E-state index is 13.0. The van der Waals surface area contributed by atoms with Crippen molar-refractivity contribution in [1.29, 1.82) is 0 Å². The number of hydrogen-bond acceptors (Lipinski definition) is 1. The van der Waals surface area contributed by atoms with Crippen molar-refractivity contribution in [3.63, 3.8) is 0 Å². The van der Waals surface area contributed by atoms with Gasteiger partial charge in [-0.15, -0.1) is 0 Å². The summed E-state index contributed by atoms with van der Waals surface area (Å²) >= 11 is 3.39. The molecule has 1 N–H and O–H groups in total. The first-order chi connectivity index (χ1) is 9.06. The first-order valence-corrected chi connectivity index (χ1v) is 6.64. The fraction of sp³-hybridized carbons (Fsp3) is 0.133. The number of carbonyl (C=O) groups is 1. The second-order valence-corrected chi connectivity index (χ2v) is 5.13. The van der Waals surface area contributed by atoms with E-state index in [2.05, 4.69) is 21.2 Å². The van der Waals surface area contributed by atoms with E-state index in [1.807, 2.05) is 13.0 Å². The molecule has 0 saturated carbocycles. The third-order valence-corrected chi connectivity index (χ3v) is 3.63. The number of halogens is 2. The van der Waals surface area contributed by atoms with E-state index >= 15 is 0 Å². The van der Waals surface area contributed by atoms with Gasteiger partial charge in [0.2, 0.25) is 0 Å². The van der Waals surface area contributed by atoms with Gasteiger partial charge in [0.15, 0.2) is 0 Å². The van der Waals surface area contributed by atoms with Crippen molar-refractivity contribution in [3.05, 3.63) is 69.4 Å². The summed E-state index contributed by atoms with van der Waals surface area (Å²) in [5, 5.41) is 2.76. The van der Waals surface area contributed by atoms with Crippen molar-refractivity contribution in [1.82, 2.24) is 5.32 Å². The summed E-state index contributed by atoms with van der Waals surface area (Å²) in [6.45, 7) is 2.26. The third kappa shape index (κ3) is 3.64. The monoisotopic (exact) mass is 321 g/mol. The van der Waals surface area contributed by atoms with Crippen molar-refractivity contribution < 1.29 is 9.18 Å². The van der Waals surface area contributed by atoms with Gasteiger partial charge in [-0.1, -0.05) is 34.1 Å². The Hall–Kier alpha value is -1.68. The highest BCUT2D eigenvalue weighted by molar-refractivity contribution is 9.10. The van der Waals surface area contributed by atoms with Gasteiger partial charge in [0, 0.05) is 16.6 Å². The van der Waals surface area contributed by atoms with Crippen LogP contribution in [0.15, 0.2) is 46.9 Å². The fourth-order valence-corrected chi connectivity index (χ4v) is 2.04. The van der Waals surface area contributed by atoms with E-state index in [4.69, 9.17) is 0 Å². The van der Waals surface area contributed by atoms with Crippen molar-refractivity contribution in [2.24, 2.45) is 0 Å². The van der Waals surface area contributed by atoms with Gasteiger partial charge in [-0.05, 0) is 42.3 Å². The molecule has 0 aromatic heterocycles. The van der Waals surface area contributed by atoms with Crippen LogP contribution in [0.4, 0.5) is 4.39 Å². The standard InChI is InChI=1S/C15H13BrFNO/c1-10-5-6-12(8-14(10)16)15(19)18-9-11-3-2-4-13(17)7-11/h2-8H,9H2,1H3,(H,18,19). The zero-order valence-corrected chi connectivity index (χ0v) is 12.0. The van der Waals surface area contributed by atoms with Crippen LogP contribution in [0.1, 0.15) is 21.5 Å². The normalized spacial score (nSPS) is 10.3. The molecule has 0 fully saturated rings. The molecule has 2 rings (SSSR count). The lowest BCUT2D eigenvalue weighted by Gasteiger charge is -2.07. The topological polar surface area (TPSA) is 29.1 Å². The largest absolute Gasteiger partial charge is 0.348 e. The van der Waals surface area contributed by atoms with Crippen LogP contribution >= 0.6 is 15.9 Å². The smallest absolute Gasteiger partial charge is 0.251 e. The average molecular weight is 322 g/mol. The van der Waals surface area contributed by atoms with E-state index < -0.39 is 0 Å². The van der Waals surface area contributed by atoms with E-state index in [1.54, 1.807) is 24.3 Å². The molecule has 1 amide bonds. The van der Waals surface area contributed by atoms with Crippen molar-refractivity contribution in [2.75, 3.05) is 0 Å². The van der Waals surface area contributed by atoms with Gasteiger partial charge in [0.1, 0.15) is 5.82 Å². The van der Waals surface area contributed by atoms with Gasteiger partial charge in [-0.25, -0.2) is 4.39 Å². The summed E-state index contributed by atoms with van der Waals surface area (Å²) in [5.41, 5.74) is 2.38. The van der Waals surface area contributed by atoms with Crippen molar-refractivity contribution in [2.45, 2.75) is 13.5 Å². The number of aryl methyl sites for hydroxylation is 1. The Kier molecular flexibility index (Phi) is 4.32. The maximum Gasteiger partial charge on any atom is 0.251 e. The molecule has 98 valence electrons.